The van der Waals surface area contributed by atoms with E-state index in [1.807, 2.05) is 31.3 Å². The standard InChI is InChI=1S/C24H29N5O2/c1-25-22-14-20(27-24(28-22)17-9-11-26-12-10-17)18-7-5-13-29(15-18)16-19-6-4-8-21(30-2)23(19)31-3/h4,6,8-12,14,18H,5,7,13,15-16H2,1-3H3,(H,25,27,28)/t18-/m1/s1. The van der Waals surface area contributed by atoms with Crippen molar-refractivity contribution in [2.75, 3.05) is 39.7 Å². The van der Waals surface area contributed by atoms with Gasteiger partial charge in [-0.25, -0.2) is 9.97 Å². The van der Waals surface area contributed by atoms with Gasteiger partial charge in [-0.1, -0.05) is 12.1 Å². The van der Waals surface area contributed by atoms with E-state index >= 15 is 0 Å². The quantitative estimate of drug-likeness (QED) is 0.621. The molecule has 1 N–H and O–H groups in total. The van der Waals surface area contributed by atoms with Crippen molar-refractivity contribution >= 4 is 5.82 Å². The largest absolute Gasteiger partial charge is 0.493 e. The molecule has 2 aromatic heterocycles. The van der Waals surface area contributed by atoms with Gasteiger partial charge < -0.3 is 14.8 Å². The van der Waals surface area contributed by atoms with Crippen LogP contribution in [-0.4, -0.2) is 54.2 Å². The number of pyridine rings is 1. The molecule has 3 aromatic rings. The number of para-hydroxylation sites is 1. The number of nitrogens with one attached hydrogen (secondary N) is 1. The second kappa shape index (κ2) is 9.75. The van der Waals surface area contributed by atoms with E-state index in [9.17, 15) is 0 Å². The van der Waals surface area contributed by atoms with Crippen LogP contribution in [0.4, 0.5) is 5.82 Å². The van der Waals surface area contributed by atoms with Crippen LogP contribution in [-0.2, 0) is 6.54 Å². The van der Waals surface area contributed by atoms with E-state index in [-0.39, 0.29) is 0 Å². The Morgan fingerprint density at radius 3 is 2.68 bits per heavy atom. The van der Waals surface area contributed by atoms with Crippen LogP contribution in [0.25, 0.3) is 11.4 Å². The van der Waals surface area contributed by atoms with Gasteiger partial charge in [0.05, 0.1) is 19.9 Å². The van der Waals surface area contributed by atoms with Gasteiger partial charge in [-0.15, -0.1) is 0 Å². The number of hydrogen-bond acceptors (Lipinski definition) is 7. The molecule has 1 aliphatic heterocycles. The Bertz CT molecular complexity index is 1010. The fourth-order valence-corrected chi connectivity index (χ4v) is 4.19. The molecule has 0 spiro atoms. The summed E-state index contributed by atoms with van der Waals surface area (Å²) >= 11 is 0. The highest BCUT2D eigenvalue weighted by Crippen LogP contribution is 2.34. The normalized spacial score (nSPS) is 16.7. The van der Waals surface area contributed by atoms with E-state index in [4.69, 9.17) is 14.5 Å². The lowest BCUT2D eigenvalue weighted by molar-refractivity contribution is 0.196. The summed E-state index contributed by atoms with van der Waals surface area (Å²) in [6.07, 6.45) is 5.78. The number of piperidine rings is 1. The number of benzene rings is 1. The monoisotopic (exact) mass is 419 g/mol. The van der Waals surface area contributed by atoms with Crippen molar-refractivity contribution in [1.29, 1.82) is 0 Å². The number of hydrogen-bond donors (Lipinski definition) is 1. The van der Waals surface area contributed by atoms with Crippen LogP contribution in [0, 0.1) is 0 Å². The highest BCUT2D eigenvalue weighted by Gasteiger charge is 2.25. The zero-order chi connectivity index (χ0) is 21.6. The van der Waals surface area contributed by atoms with Gasteiger partial charge in [-0.3, -0.25) is 9.88 Å². The molecule has 4 rings (SSSR count). The number of nitrogens with zero attached hydrogens (tertiary/aromatic N) is 4. The summed E-state index contributed by atoms with van der Waals surface area (Å²) < 4.78 is 11.1. The molecule has 0 amide bonds. The molecular formula is C24H29N5O2. The molecule has 7 nitrogen and oxygen atoms in total. The zero-order valence-corrected chi connectivity index (χ0v) is 18.3. The maximum absolute atomic E-state index is 5.63. The number of likely N-dealkylation sites (tertiary alicyclic amines) is 1. The predicted octanol–water partition coefficient (Wildman–Crippen LogP) is 3.98. The summed E-state index contributed by atoms with van der Waals surface area (Å²) in [5.74, 6) is 3.50. The zero-order valence-electron chi connectivity index (χ0n) is 18.3. The van der Waals surface area contributed by atoms with E-state index in [0.29, 0.717) is 5.92 Å². The molecule has 0 unspecified atom stereocenters. The van der Waals surface area contributed by atoms with E-state index in [1.54, 1.807) is 26.6 Å². The summed E-state index contributed by atoms with van der Waals surface area (Å²) in [4.78, 5) is 16.2. The first-order valence-corrected chi connectivity index (χ1v) is 10.6. The van der Waals surface area contributed by atoms with Crippen LogP contribution in [0.1, 0.15) is 30.0 Å². The molecule has 0 saturated carbocycles. The van der Waals surface area contributed by atoms with Gasteiger partial charge >= 0.3 is 0 Å². The van der Waals surface area contributed by atoms with Crippen molar-refractivity contribution in [2.24, 2.45) is 0 Å². The third-order valence-corrected chi connectivity index (χ3v) is 5.74. The second-order valence-electron chi connectivity index (χ2n) is 7.71. The average molecular weight is 420 g/mol. The van der Waals surface area contributed by atoms with Gasteiger partial charge in [0.25, 0.3) is 0 Å². The van der Waals surface area contributed by atoms with Crippen molar-refractivity contribution in [3.8, 4) is 22.9 Å². The first kappa shape index (κ1) is 21.1. The Balaban J connectivity index is 1.57. The summed E-state index contributed by atoms with van der Waals surface area (Å²) in [6, 6.07) is 12.0. The van der Waals surface area contributed by atoms with Crippen LogP contribution in [0.5, 0.6) is 11.5 Å². The van der Waals surface area contributed by atoms with E-state index < -0.39 is 0 Å². The molecule has 31 heavy (non-hydrogen) atoms. The highest BCUT2D eigenvalue weighted by atomic mass is 16.5. The van der Waals surface area contributed by atoms with Gasteiger partial charge in [0, 0.05) is 55.6 Å². The van der Waals surface area contributed by atoms with Crippen LogP contribution in [0.15, 0.2) is 48.8 Å². The molecule has 7 heteroatoms. The third kappa shape index (κ3) is 4.77. The maximum Gasteiger partial charge on any atom is 0.165 e. The van der Waals surface area contributed by atoms with E-state index in [2.05, 4.69) is 32.3 Å². The van der Waals surface area contributed by atoms with E-state index in [0.717, 1.165) is 72.4 Å². The van der Waals surface area contributed by atoms with Crippen molar-refractivity contribution < 1.29 is 9.47 Å². The second-order valence-corrected chi connectivity index (χ2v) is 7.71. The van der Waals surface area contributed by atoms with Crippen LogP contribution in [0.3, 0.4) is 0 Å². The minimum absolute atomic E-state index is 0.348. The first-order valence-electron chi connectivity index (χ1n) is 10.6. The van der Waals surface area contributed by atoms with Crippen LogP contribution in [0.2, 0.25) is 0 Å². The summed E-state index contributed by atoms with van der Waals surface area (Å²) in [5, 5.41) is 3.18. The Kier molecular flexibility index (Phi) is 6.62. The predicted molar refractivity (Wildman–Crippen MR) is 122 cm³/mol. The fraction of sp³-hybridized carbons (Fsp3) is 0.375. The number of ether oxygens (including phenoxy) is 2. The number of anilines is 1. The van der Waals surface area contributed by atoms with Crippen LogP contribution < -0.4 is 14.8 Å². The SMILES string of the molecule is CNc1cc([C@@H]2CCCN(Cc3cccc(OC)c3OC)C2)nc(-c2ccncc2)n1. The summed E-state index contributed by atoms with van der Waals surface area (Å²) in [5.41, 5.74) is 3.19. The van der Waals surface area contributed by atoms with Crippen molar-refractivity contribution in [3.63, 3.8) is 0 Å². The lowest BCUT2D eigenvalue weighted by Crippen LogP contribution is -2.34. The molecule has 3 heterocycles. The Hall–Kier alpha value is -3.19. The summed E-state index contributed by atoms with van der Waals surface area (Å²) in [6.45, 7) is 2.81. The number of methoxy groups -OCH3 is 2. The number of rotatable bonds is 7. The minimum Gasteiger partial charge on any atom is -0.493 e. The highest BCUT2D eigenvalue weighted by molar-refractivity contribution is 5.57. The van der Waals surface area contributed by atoms with Crippen molar-refractivity contribution in [3.05, 3.63) is 60.0 Å². The molecule has 1 saturated heterocycles. The van der Waals surface area contributed by atoms with Crippen molar-refractivity contribution in [2.45, 2.75) is 25.3 Å². The molecule has 1 aliphatic rings. The summed E-state index contributed by atoms with van der Waals surface area (Å²) in [7, 11) is 5.26. The third-order valence-electron chi connectivity index (χ3n) is 5.74. The average Bonchev–Trinajstić information content (AvgIpc) is 2.84. The molecule has 1 atom stereocenters. The number of aromatic nitrogens is 3. The lowest BCUT2D eigenvalue weighted by Gasteiger charge is -2.33. The van der Waals surface area contributed by atoms with Gasteiger partial charge in [0.1, 0.15) is 5.82 Å². The maximum atomic E-state index is 5.63. The van der Waals surface area contributed by atoms with Gasteiger partial charge in [0.2, 0.25) is 0 Å². The first-order chi connectivity index (χ1) is 15.2. The Morgan fingerprint density at radius 2 is 1.94 bits per heavy atom. The van der Waals surface area contributed by atoms with Gasteiger partial charge in [-0.2, -0.15) is 0 Å². The van der Waals surface area contributed by atoms with Crippen LogP contribution >= 0.6 is 0 Å². The Morgan fingerprint density at radius 1 is 1.10 bits per heavy atom. The molecule has 0 bridgehead atoms. The molecule has 0 radical (unpaired) electrons. The smallest absolute Gasteiger partial charge is 0.165 e. The van der Waals surface area contributed by atoms with Gasteiger partial charge in [-0.05, 0) is 37.6 Å². The minimum atomic E-state index is 0.348. The molecule has 162 valence electrons. The lowest BCUT2D eigenvalue weighted by atomic mass is 9.93. The molecular weight excluding hydrogens is 390 g/mol. The van der Waals surface area contributed by atoms with E-state index in [1.165, 1.54) is 0 Å². The molecule has 1 fully saturated rings. The molecule has 1 aromatic carbocycles. The van der Waals surface area contributed by atoms with Gasteiger partial charge in [0.15, 0.2) is 17.3 Å². The fourth-order valence-electron chi connectivity index (χ4n) is 4.19. The molecule has 0 aliphatic carbocycles. The Labute approximate surface area is 183 Å². The van der Waals surface area contributed by atoms with Crippen molar-refractivity contribution in [1.82, 2.24) is 19.9 Å². The topological polar surface area (TPSA) is 72.4 Å².